The van der Waals surface area contributed by atoms with Gasteiger partial charge >= 0.3 is 5.97 Å². The van der Waals surface area contributed by atoms with Crippen LogP contribution in [0.25, 0.3) is 0 Å². The van der Waals surface area contributed by atoms with E-state index in [0.717, 1.165) is 39.1 Å². The lowest BCUT2D eigenvalue weighted by atomic mass is 9.89. The van der Waals surface area contributed by atoms with Crippen molar-refractivity contribution in [2.24, 2.45) is 11.3 Å². The van der Waals surface area contributed by atoms with E-state index in [2.05, 4.69) is 22.0 Å². The molecular formula is C17H33N3O3. The van der Waals surface area contributed by atoms with E-state index in [9.17, 15) is 14.7 Å². The van der Waals surface area contributed by atoms with Crippen LogP contribution in [0.2, 0.25) is 0 Å². The Bertz CT molecular complexity index is 404. The summed E-state index contributed by atoms with van der Waals surface area (Å²) in [6, 6.07) is -0.816. The SMILES string of the molecule is CCC(C)C(NC(=O)C(C)(C)CN1CCN(CC)CC1)C(=O)O. The Hall–Kier alpha value is -1.14. The standard InChI is InChI=1S/C17H33N3O3/c1-6-13(3)14(15(21)22)18-16(23)17(4,5)12-20-10-8-19(7-2)9-11-20/h13-14H,6-12H2,1-5H3,(H,18,23)(H,21,22). The van der Waals surface area contributed by atoms with Gasteiger partial charge in [-0.05, 0) is 26.3 Å². The van der Waals surface area contributed by atoms with Crippen LogP contribution in [0.1, 0.15) is 41.0 Å². The van der Waals surface area contributed by atoms with Crippen LogP contribution in [0.4, 0.5) is 0 Å². The fourth-order valence-electron chi connectivity index (χ4n) is 2.91. The number of nitrogens with zero attached hydrogens (tertiary/aromatic N) is 2. The predicted molar refractivity (Wildman–Crippen MR) is 91.4 cm³/mol. The maximum absolute atomic E-state index is 12.6. The Kier molecular flexibility index (Phi) is 7.48. The smallest absolute Gasteiger partial charge is 0.326 e. The first-order chi connectivity index (χ1) is 10.7. The average molecular weight is 327 g/mol. The fraction of sp³-hybridized carbons (Fsp3) is 0.882. The Morgan fingerprint density at radius 2 is 1.65 bits per heavy atom. The van der Waals surface area contributed by atoms with Crippen molar-refractivity contribution in [3.05, 3.63) is 0 Å². The highest BCUT2D eigenvalue weighted by molar-refractivity contribution is 5.87. The molecule has 0 aromatic heterocycles. The molecule has 1 fully saturated rings. The molecule has 0 spiro atoms. The van der Waals surface area contributed by atoms with Crippen molar-refractivity contribution in [1.29, 1.82) is 0 Å². The fourth-order valence-corrected chi connectivity index (χ4v) is 2.91. The van der Waals surface area contributed by atoms with E-state index < -0.39 is 17.4 Å². The molecule has 0 aromatic rings. The van der Waals surface area contributed by atoms with Gasteiger partial charge in [-0.1, -0.05) is 27.2 Å². The van der Waals surface area contributed by atoms with Gasteiger partial charge in [0.15, 0.2) is 0 Å². The number of carboxylic acid groups (broad SMARTS) is 1. The second-order valence-corrected chi connectivity index (χ2v) is 7.27. The summed E-state index contributed by atoms with van der Waals surface area (Å²) in [5.74, 6) is -1.22. The van der Waals surface area contributed by atoms with E-state index in [1.807, 2.05) is 27.7 Å². The lowest BCUT2D eigenvalue weighted by Crippen LogP contribution is -2.54. The maximum atomic E-state index is 12.6. The number of rotatable bonds is 8. The summed E-state index contributed by atoms with van der Waals surface area (Å²) in [6.45, 7) is 15.4. The van der Waals surface area contributed by atoms with Gasteiger partial charge in [0.2, 0.25) is 5.91 Å². The van der Waals surface area contributed by atoms with Gasteiger partial charge in [-0.25, -0.2) is 4.79 Å². The molecule has 0 aliphatic carbocycles. The second kappa shape index (κ2) is 8.64. The van der Waals surface area contributed by atoms with Crippen LogP contribution in [-0.2, 0) is 9.59 Å². The lowest BCUT2D eigenvalue weighted by molar-refractivity contribution is -0.145. The van der Waals surface area contributed by atoms with Crippen LogP contribution in [0.5, 0.6) is 0 Å². The maximum Gasteiger partial charge on any atom is 0.326 e. The minimum Gasteiger partial charge on any atom is -0.480 e. The van der Waals surface area contributed by atoms with Gasteiger partial charge in [-0.15, -0.1) is 0 Å². The summed E-state index contributed by atoms with van der Waals surface area (Å²) >= 11 is 0. The van der Waals surface area contributed by atoms with Crippen molar-refractivity contribution in [2.75, 3.05) is 39.3 Å². The molecule has 0 bridgehead atoms. The Balaban J connectivity index is 2.60. The van der Waals surface area contributed by atoms with Crippen LogP contribution in [-0.4, -0.2) is 72.1 Å². The molecule has 134 valence electrons. The van der Waals surface area contributed by atoms with Crippen molar-refractivity contribution in [2.45, 2.75) is 47.1 Å². The first-order valence-corrected chi connectivity index (χ1v) is 8.69. The molecule has 1 saturated heterocycles. The summed E-state index contributed by atoms with van der Waals surface area (Å²) in [4.78, 5) is 28.7. The molecule has 1 amide bonds. The summed E-state index contributed by atoms with van der Waals surface area (Å²) in [7, 11) is 0. The van der Waals surface area contributed by atoms with Gasteiger partial charge in [-0.2, -0.15) is 0 Å². The molecule has 0 radical (unpaired) electrons. The predicted octanol–water partition coefficient (Wildman–Crippen LogP) is 1.27. The van der Waals surface area contributed by atoms with Crippen molar-refractivity contribution in [3.8, 4) is 0 Å². The number of hydrogen-bond acceptors (Lipinski definition) is 4. The van der Waals surface area contributed by atoms with E-state index >= 15 is 0 Å². The molecule has 23 heavy (non-hydrogen) atoms. The molecule has 6 heteroatoms. The molecule has 0 saturated carbocycles. The molecule has 6 nitrogen and oxygen atoms in total. The van der Waals surface area contributed by atoms with E-state index in [0.29, 0.717) is 6.54 Å². The lowest BCUT2D eigenvalue weighted by Gasteiger charge is -2.38. The van der Waals surface area contributed by atoms with E-state index in [4.69, 9.17) is 0 Å². The van der Waals surface area contributed by atoms with Gasteiger partial charge in [-0.3, -0.25) is 9.69 Å². The molecule has 2 atom stereocenters. The minimum absolute atomic E-state index is 0.0830. The normalized spacial score (nSPS) is 20.0. The highest BCUT2D eigenvalue weighted by atomic mass is 16.4. The van der Waals surface area contributed by atoms with Gasteiger partial charge in [0.1, 0.15) is 6.04 Å². The van der Waals surface area contributed by atoms with Crippen LogP contribution in [0.3, 0.4) is 0 Å². The first-order valence-electron chi connectivity index (χ1n) is 8.69. The number of hydrogen-bond donors (Lipinski definition) is 2. The zero-order valence-electron chi connectivity index (χ0n) is 15.3. The number of likely N-dealkylation sites (N-methyl/N-ethyl adjacent to an activating group) is 1. The highest BCUT2D eigenvalue weighted by Crippen LogP contribution is 2.20. The number of aliphatic carboxylic acids is 1. The van der Waals surface area contributed by atoms with Gasteiger partial charge < -0.3 is 15.3 Å². The molecule has 1 aliphatic heterocycles. The largest absolute Gasteiger partial charge is 0.480 e. The summed E-state index contributed by atoms with van der Waals surface area (Å²) in [5.41, 5.74) is -0.602. The van der Waals surface area contributed by atoms with Crippen LogP contribution in [0, 0.1) is 11.3 Å². The number of amides is 1. The number of nitrogens with one attached hydrogen (secondary N) is 1. The summed E-state index contributed by atoms with van der Waals surface area (Å²) in [5, 5.41) is 12.1. The van der Waals surface area contributed by atoms with Crippen molar-refractivity contribution in [1.82, 2.24) is 15.1 Å². The van der Waals surface area contributed by atoms with Crippen LogP contribution >= 0.6 is 0 Å². The quantitative estimate of drug-likeness (QED) is 0.702. The molecule has 1 heterocycles. The van der Waals surface area contributed by atoms with E-state index in [1.165, 1.54) is 0 Å². The van der Waals surface area contributed by atoms with E-state index in [1.54, 1.807) is 0 Å². The van der Waals surface area contributed by atoms with Gasteiger partial charge in [0.05, 0.1) is 5.41 Å². The second-order valence-electron chi connectivity index (χ2n) is 7.27. The number of carbonyl (C=O) groups excluding carboxylic acids is 1. The molecule has 0 aromatic carbocycles. The van der Waals surface area contributed by atoms with Crippen LogP contribution < -0.4 is 5.32 Å². The van der Waals surface area contributed by atoms with Crippen molar-refractivity contribution < 1.29 is 14.7 Å². The van der Waals surface area contributed by atoms with Crippen LogP contribution in [0.15, 0.2) is 0 Å². The molecule has 1 rings (SSSR count). The number of carbonyl (C=O) groups is 2. The average Bonchev–Trinajstić information content (AvgIpc) is 2.51. The van der Waals surface area contributed by atoms with E-state index in [-0.39, 0.29) is 11.8 Å². The highest BCUT2D eigenvalue weighted by Gasteiger charge is 2.35. The van der Waals surface area contributed by atoms with Gasteiger partial charge in [0, 0.05) is 32.7 Å². The first kappa shape index (κ1) is 19.9. The Labute approximate surface area is 140 Å². The molecule has 2 N–H and O–H groups in total. The topological polar surface area (TPSA) is 72.9 Å². The molecule has 2 unspecified atom stereocenters. The number of carboxylic acids is 1. The third kappa shape index (κ3) is 5.77. The molecule has 1 aliphatic rings. The van der Waals surface area contributed by atoms with Crippen molar-refractivity contribution in [3.63, 3.8) is 0 Å². The third-order valence-electron chi connectivity index (χ3n) is 4.91. The summed E-state index contributed by atoms with van der Waals surface area (Å²) in [6.07, 6.45) is 0.719. The number of piperazine rings is 1. The minimum atomic E-state index is -0.958. The molecular weight excluding hydrogens is 294 g/mol. The zero-order chi connectivity index (χ0) is 17.6. The van der Waals surface area contributed by atoms with Gasteiger partial charge in [0.25, 0.3) is 0 Å². The Morgan fingerprint density at radius 1 is 1.13 bits per heavy atom. The van der Waals surface area contributed by atoms with Crippen molar-refractivity contribution >= 4 is 11.9 Å². The zero-order valence-corrected chi connectivity index (χ0v) is 15.3. The summed E-state index contributed by atoms with van der Waals surface area (Å²) < 4.78 is 0. The Morgan fingerprint density at radius 3 is 2.09 bits per heavy atom. The monoisotopic (exact) mass is 327 g/mol. The third-order valence-corrected chi connectivity index (χ3v) is 4.91.